The third kappa shape index (κ3) is 5.92. The van der Waals surface area contributed by atoms with Crippen LogP contribution in [0.4, 0.5) is 5.69 Å². The number of sulfonamides is 1. The summed E-state index contributed by atoms with van der Waals surface area (Å²) in [5, 5.41) is 3.44. The van der Waals surface area contributed by atoms with Gasteiger partial charge in [0.05, 0.1) is 25.1 Å². The quantitative estimate of drug-likeness (QED) is 0.577. The lowest BCUT2D eigenvalue weighted by atomic mass is 10.0. The lowest BCUT2D eigenvalue weighted by molar-refractivity contribution is -0.123. The summed E-state index contributed by atoms with van der Waals surface area (Å²) in [7, 11) is -2.12. The molecule has 0 aromatic heterocycles. The second kappa shape index (κ2) is 10.4. The molecule has 0 saturated carbocycles. The van der Waals surface area contributed by atoms with Gasteiger partial charge in [0.2, 0.25) is 15.9 Å². The minimum Gasteiger partial charge on any atom is -0.496 e. The summed E-state index contributed by atoms with van der Waals surface area (Å²) < 4.78 is 32.0. The van der Waals surface area contributed by atoms with Crippen molar-refractivity contribution in [3.8, 4) is 5.75 Å². The largest absolute Gasteiger partial charge is 0.496 e. The first kappa shape index (κ1) is 25.0. The SMILES string of the molecule is CC[C@H](NC(=O)[C@H](CC)N(c1cc(Cl)ccc1C)S(C)(=O)=O)c1ccc(OC)c(C)c1. The van der Waals surface area contributed by atoms with E-state index in [4.69, 9.17) is 16.3 Å². The van der Waals surface area contributed by atoms with Gasteiger partial charge in [0.1, 0.15) is 11.8 Å². The highest BCUT2D eigenvalue weighted by molar-refractivity contribution is 7.92. The van der Waals surface area contributed by atoms with Crippen molar-refractivity contribution in [3.63, 3.8) is 0 Å². The second-order valence-corrected chi connectivity index (χ2v) is 9.91. The molecule has 0 spiro atoms. The number of methoxy groups -OCH3 is 1. The fourth-order valence-corrected chi connectivity index (χ4v) is 5.09. The molecular formula is C23H31ClN2O4S. The number of rotatable bonds is 9. The number of hydrogen-bond donors (Lipinski definition) is 1. The van der Waals surface area contributed by atoms with Gasteiger partial charge in [0.15, 0.2) is 0 Å². The first-order valence-electron chi connectivity index (χ1n) is 10.2. The lowest BCUT2D eigenvalue weighted by Gasteiger charge is -2.32. The Morgan fingerprint density at radius 3 is 2.29 bits per heavy atom. The normalized spacial score (nSPS) is 13.4. The van der Waals surface area contributed by atoms with E-state index in [-0.39, 0.29) is 11.9 Å². The zero-order chi connectivity index (χ0) is 23.3. The van der Waals surface area contributed by atoms with E-state index in [1.807, 2.05) is 32.0 Å². The van der Waals surface area contributed by atoms with Crippen LogP contribution in [-0.4, -0.2) is 33.7 Å². The molecule has 0 saturated heterocycles. The predicted molar refractivity (Wildman–Crippen MR) is 126 cm³/mol. The Morgan fingerprint density at radius 2 is 1.77 bits per heavy atom. The molecule has 8 heteroatoms. The average Bonchev–Trinajstić information content (AvgIpc) is 2.71. The molecule has 0 radical (unpaired) electrons. The Bertz CT molecular complexity index is 1040. The van der Waals surface area contributed by atoms with Crippen LogP contribution >= 0.6 is 11.6 Å². The van der Waals surface area contributed by atoms with Gasteiger partial charge in [0.25, 0.3) is 0 Å². The number of nitrogens with one attached hydrogen (secondary N) is 1. The lowest BCUT2D eigenvalue weighted by Crippen LogP contribution is -2.50. The van der Waals surface area contributed by atoms with Gasteiger partial charge >= 0.3 is 0 Å². The van der Waals surface area contributed by atoms with Gasteiger partial charge in [-0.25, -0.2) is 8.42 Å². The number of aryl methyl sites for hydroxylation is 2. The first-order chi connectivity index (χ1) is 14.5. The maximum absolute atomic E-state index is 13.3. The molecule has 0 bridgehead atoms. The molecule has 2 rings (SSSR count). The molecule has 0 heterocycles. The Morgan fingerprint density at radius 1 is 1.10 bits per heavy atom. The number of ether oxygens (including phenoxy) is 1. The summed E-state index contributed by atoms with van der Waals surface area (Å²) in [6, 6.07) is 9.62. The molecule has 0 fully saturated rings. The number of amides is 1. The van der Waals surface area contributed by atoms with Crippen molar-refractivity contribution < 1.29 is 17.9 Å². The van der Waals surface area contributed by atoms with Crippen LogP contribution < -0.4 is 14.4 Å². The van der Waals surface area contributed by atoms with Crippen molar-refractivity contribution in [1.82, 2.24) is 5.32 Å². The highest BCUT2D eigenvalue weighted by Gasteiger charge is 2.33. The molecule has 2 aromatic carbocycles. The van der Waals surface area contributed by atoms with Gasteiger partial charge < -0.3 is 10.1 Å². The number of carbonyl (C=O) groups excluding carboxylic acids is 1. The van der Waals surface area contributed by atoms with E-state index in [2.05, 4.69) is 5.32 Å². The fourth-order valence-electron chi connectivity index (χ4n) is 3.66. The van der Waals surface area contributed by atoms with Gasteiger partial charge in [-0.3, -0.25) is 9.10 Å². The van der Waals surface area contributed by atoms with Crippen LogP contribution in [0.25, 0.3) is 0 Å². The molecule has 0 unspecified atom stereocenters. The number of carbonyl (C=O) groups is 1. The Balaban J connectivity index is 2.41. The van der Waals surface area contributed by atoms with Crippen LogP contribution in [0, 0.1) is 13.8 Å². The maximum Gasteiger partial charge on any atom is 0.244 e. The molecule has 6 nitrogen and oxygen atoms in total. The summed E-state index contributed by atoms with van der Waals surface area (Å²) in [6.07, 6.45) is 2.07. The molecule has 0 aliphatic rings. The number of nitrogens with zero attached hydrogens (tertiary/aromatic N) is 1. The monoisotopic (exact) mass is 466 g/mol. The number of anilines is 1. The second-order valence-electron chi connectivity index (χ2n) is 7.61. The Kier molecular flexibility index (Phi) is 8.37. The van der Waals surface area contributed by atoms with Crippen LogP contribution in [0.2, 0.25) is 5.02 Å². The van der Waals surface area contributed by atoms with E-state index in [9.17, 15) is 13.2 Å². The zero-order valence-corrected chi connectivity index (χ0v) is 20.5. The van der Waals surface area contributed by atoms with Crippen LogP contribution in [0.3, 0.4) is 0 Å². The van der Waals surface area contributed by atoms with E-state index < -0.39 is 16.1 Å². The number of halogens is 1. The summed E-state index contributed by atoms with van der Waals surface area (Å²) in [5.74, 6) is 0.420. The number of benzene rings is 2. The van der Waals surface area contributed by atoms with E-state index in [1.54, 1.807) is 39.2 Å². The minimum atomic E-state index is -3.74. The van der Waals surface area contributed by atoms with Crippen LogP contribution in [0.5, 0.6) is 5.75 Å². The standard InChI is InChI=1S/C23H31ClN2O4S/c1-7-19(17-10-12-22(30-5)16(4)13-17)25-23(27)20(8-2)26(31(6,28)29)21-14-18(24)11-9-15(21)3/h9-14,19-20H,7-8H2,1-6H3,(H,25,27)/t19-,20-/m0/s1. The highest BCUT2D eigenvalue weighted by Crippen LogP contribution is 2.30. The highest BCUT2D eigenvalue weighted by atomic mass is 35.5. The summed E-state index contributed by atoms with van der Waals surface area (Å²) in [5.41, 5.74) is 3.03. The van der Waals surface area contributed by atoms with Gasteiger partial charge in [0, 0.05) is 5.02 Å². The van der Waals surface area contributed by atoms with Crippen molar-refractivity contribution in [3.05, 3.63) is 58.1 Å². The van der Waals surface area contributed by atoms with E-state index in [0.717, 1.165) is 28.7 Å². The van der Waals surface area contributed by atoms with Crippen LogP contribution in [0.1, 0.15) is 49.4 Å². The molecule has 31 heavy (non-hydrogen) atoms. The fraction of sp³-hybridized carbons (Fsp3) is 0.435. The summed E-state index contributed by atoms with van der Waals surface area (Å²) in [6.45, 7) is 7.50. The van der Waals surface area contributed by atoms with Crippen LogP contribution in [0.15, 0.2) is 36.4 Å². The first-order valence-corrected chi connectivity index (χ1v) is 12.5. The maximum atomic E-state index is 13.3. The van der Waals surface area contributed by atoms with Crippen LogP contribution in [-0.2, 0) is 14.8 Å². The van der Waals surface area contributed by atoms with Gasteiger partial charge in [-0.05, 0) is 61.6 Å². The third-order valence-electron chi connectivity index (χ3n) is 5.28. The minimum absolute atomic E-state index is 0.256. The van der Waals surface area contributed by atoms with Gasteiger partial charge in [-0.2, -0.15) is 0 Å². The third-order valence-corrected chi connectivity index (χ3v) is 6.69. The summed E-state index contributed by atoms with van der Waals surface area (Å²) >= 11 is 6.13. The van der Waals surface area contributed by atoms with Crippen molar-refractivity contribution in [2.75, 3.05) is 17.7 Å². The molecule has 1 amide bonds. The number of hydrogen-bond acceptors (Lipinski definition) is 4. The van der Waals surface area contributed by atoms with Gasteiger partial charge in [-0.15, -0.1) is 0 Å². The molecular weight excluding hydrogens is 436 g/mol. The van der Waals surface area contributed by atoms with Crippen molar-refractivity contribution in [2.45, 2.75) is 52.6 Å². The average molecular weight is 467 g/mol. The molecule has 1 N–H and O–H groups in total. The molecule has 0 aliphatic carbocycles. The van der Waals surface area contributed by atoms with Crippen molar-refractivity contribution in [1.29, 1.82) is 0 Å². The molecule has 2 atom stereocenters. The predicted octanol–water partition coefficient (Wildman–Crippen LogP) is 4.78. The van der Waals surface area contributed by atoms with Gasteiger partial charge in [-0.1, -0.05) is 43.6 Å². The van der Waals surface area contributed by atoms with Crippen molar-refractivity contribution in [2.24, 2.45) is 0 Å². The van der Waals surface area contributed by atoms with Crippen molar-refractivity contribution >= 4 is 33.2 Å². The summed E-state index contributed by atoms with van der Waals surface area (Å²) in [4.78, 5) is 13.3. The van der Waals surface area contributed by atoms with E-state index in [1.165, 1.54) is 4.31 Å². The Hall–Kier alpha value is -2.25. The zero-order valence-electron chi connectivity index (χ0n) is 18.9. The smallest absolute Gasteiger partial charge is 0.244 e. The Labute approximate surface area is 190 Å². The molecule has 170 valence electrons. The van der Waals surface area contributed by atoms with E-state index in [0.29, 0.717) is 23.6 Å². The topological polar surface area (TPSA) is 75.7 Å². The molecule has 0 aliphatic heterocycles. The molecule has 2 aromatic rings. The van der Waals surface area contributed by atoms with E-state index >= 15 is 0 Å².